The molecule has 31 heavy (non-hydrogen) atoms. The topological polar surface area (TPSA) is 97.6 Å². The van der Waals surface area contributed by atoms with E-state index in [-0.39, 0.29) is 28.7 Å². The van der Waals surface area contributed by atoms with Gasteiger partial charge in [-0.25, -0.2) is 0 Å². The first-order valence-electron chi connectivity index (χ1n) is 9.66. The zero-order valence-electron chi connectivity index (χ0n) is 17.5. The summed E-state index contributed by atoms with van der Waals surface area (Å²) in [5.74, 6) is 0.599. The van der Waals surface area contributed by atoms with Crippen LogP contribution < -0.4 is 5.73 Å². The fourth-order valence-corrected chi connectivity index (χ4v) is 4.06. The van der Waals surface area contributed by atoms with E-state index in [2.05, 4.69) is 30.1 Å². The molecule has 0 unspecified atom stereocenters. The average Bonchev–Trinajstić information content (AvgIpc) is 3.16. The lowest BCUT2D eigenvalue weighted by atomic mass is 10.0. The molecule has 6 nitrogen and oxygen atoms in total. The third-order valence-electron chi connectivity index (χ3n) is 4.65. The maximum atomic E-state index is 12.5. The first kappa shape index (κ1) is 22.6. The zero-order valence-corrected chi connectivity index (χ0v) is 19.0. The molecule has 0 amide bonds. The van der Waals surface area contributed by atoms with E-state index in [1.54, 1.807) is 19.1 Å². The van der Waals surface area contributed by atoms with E-state index >= 15 is 0 Å². The van der Waals surface area contributed by atoms with Crippen molar-refractivity contribution in [3.05, 3.63) is 70.4 Å². The van der Waals surface area contributed by atoms with Gasteiger partial charge in [0.1, 0.15) is 11.6 Å². The maximum Gasteiger partial charge on any atom is 0.196 e. The molecule has 0 saturated carbocycles. The summed E-state index contributed by atoms with van der Waals surface area (Å²) in [5, 5.41) is 19.2. The van der Waals surface area contributed by atoms with E-state index in [4.69, 9.17) is 17.3 Å². The Morgan fingerprint density at radius 2 is 1.87 bits per heavy atom. The smallest absolute Gasteiger partial charge is 0.196 e. The van der Waals surface area contributed by atoms with Crippen molar-refractivity contribution in [2.24, 2.45) is 5.73 Å². The van der Waals surface area contributed by atoms with Crippen LogP contribution in [0.5, 0.6) is 0 Å². The molecular formula is C23H22ClN5OS. The summed E-state index contributed by atoms with van der Waals surface area (Å²) in [6.07, 6.45) is 0. The second-order valence-electron chi connectivity index (χ2n) is 7.24. The molecule has 0 spiro atoms. The molecular weight excluding hydrogens is 430 g/mol. The molecule has 1 heterocycles. The number of hydrogen-bond acceptors (Lipinski definition) is 6. The Hall–Kier alpha value is -3.08. The number of halogens is 1. The molecule has 158 valence electrons. The van der Waals surface area contributed by atoms with Crippen LogP contribution in [0.25, 0.3) is 17.1 Å². The lowest BCUT2D eigenvalue weighted by Gasteiger charge is -2.17. The molecule has 2 aromatic carbocycles. The number of allylic oxidation sites excluding steroid dienone is 2. The van der Waals surface area contributed by atoms with Gasteiger partial charge in [-0.1, -0.05) is 55.4 Å². The van der Waals surface area contributed by atoms with E-state index in [1.165, 1.54) is 11.8 Å². The van der Waals surface area contributed by atoms with Crippen LogP contribution in [0.15, 0.2) is 65.0 Å². The van der Waals surface area contributed by atoms with Crippen molar-refractivity contribution in [2.45, 2.75) is 31.8 Å². The summed E-state index contributed by atoms with van der Waals surface area (Å²) in [7, 11) is 0. The van der Waals surface area contributed by atoms with Crippen LogP contribution in [-0.2, 0) is 4.79 Å². The number of carbonyl (C=O) groups is 1. The Balaban J connectivity index is 2.09. The molecule has 0 radical (unpaired) electrons. The molecule has 8 heteroatoms. The summed E-state index contributed by atoms with van der Waals surface area (Å²) in [6.45, 7) is 5.78. The first-order valence-corrected chi connectivity index (χ1v) is 11.0. The number of Topliss-reactive ketones (excluding diaryl/α,β-unsaturated/α-hetero) is 1. The number of nitrogens with zero attached hydrogens (tertiary/aromatic N) is 4. The number of carbonyl (C=O) groups excluding carboxylic acids is 1. The standard InChI is InChI=1S/C23H22ClN5OS/c1-14(2)18-6-4-5-7-20(18)29-22(16-8-10-17(24)11-9-16)27-28-23(29)31-13-21(30)19(12-25)15(3)26/h4-11,14H,13,26H2,1-3H3/b19-15+. The molecule has 0 saturated heterocycles. The van der Waals surface area contributed by atoms with Gasteiger partial charge in [0, 0.05) is 16.3 Å². The molecule has 3 rings (SSSR count). The minimum absolute atomic E-state index is 0.0278. The van der Waals surface area contributed by atoms with Crippen molar-refractivity contribution in [3.8, 4) is 23.1 Å². The minimum atomic E-state index is -0.341. The number of nitrogens with two attached hydrogens (primary N) is 1. The number of thioether (sulfide) groups is 1. The quantitative estimate of drug-likeness (QED) is 0.304. The number of rotatable bonds is 7. The number of hydrogen-bond donors (Lipinski definition) is 1. The van der Waals surface area contributed by atoms with Crippen molar-refractivity contribution < 1.29 is 4.79 Å². The Morgan fingerprint density at radius 3 is 2.48 bits per heavy atom. The van der Waals surface area contributed by atoms with Crippen molar-refractivity contribution in [1.29, 1.82) is 5.26 Å². The molecule has 1 aromatic heterocycles. The normalized spacial score (nSPS) is 11.9. The molecule has 3 aromatic rings. The largest absolute Gasteiger partial charge is 0.401 e. The van der Waals surface area contributed by atoms with Gasteiger partial charge in [0.05, 0.1) is 11.4 Å². The van der Waals surface area contributed by atoms with E-state index in [0.717, 1.165) is 16.8 Å². The summed E-state index contributed by atoms with van der Waals surface area (Å²) >= 11 is 7.28. The SMILES string of the molecule is C/C(N)=C(/C#N)C(=O)CSc1nnc(-c2ccc(Cl)cc2)n1-c1ccccc1C(C)C. The van der Waals surface area contributed by atoms with Gasteiger partial charge >= 0.3 is 0 Å². The molecule has 0 bridgehead atoms. The predicted molar refractivity (Wildman–Crippen MR) is 124 cm³/mol. The van der Waals surface area contributed by atoms with Gasteiger partial charge in [0.25, 0.3) is 0 Å². The molecule has 0 aliphatic carbocycles. The number of para-hydroxylation sites is 1. The number of ketones is 1. The van der Waals surface area contributed by atoms with Crippen LogP contribution >= 0.6 is 23.4 Å². The van der Waals surface area contributed by atoms with Crippen LogP contribution in [0.2, 0.25) is 5.02 Å². The van der Waals surface area contributed by atoms with Gasteiger partial charge in [0.2, 0.25) is 0 Å². The highest BCUT2D eigenvalue weighted by atomic mass is 35.5. The Morgan fingerprint density at radius 1 is 1.19 bits per heavy atom. The van der Waals surface area contributed by atoms with Gasteiger partial charge in [-0.05, 0) is 48.7 Å². The minimum Gasteiger partial charge on any atom is -0.401 e. The molecule has 0 atom stereocenters. The van der Waals surface area contributed by atoms with Crippen LogP contribution in [0.3, 0.4) is 0 Å². The van der Waals surface area contributed by atoms with E-state index in [0.29, 0.717) is 16.0 Å². The van der Waals surface area contributed by atoms with Gasteiger partial charge in [-0.2, -0.15) is 5.26 Å². The molecule has 0 aliphatic heterocycles. The van der Waals surface area contributed by atoms with Gasteiger partial charge < -0.3 is 5.73 Å². The average molecular weight is 452 g/mol. The summed E-state index contributed by atoms with van der Waals surface area (Å²) < 4.78 is 1.95. The predicted octanol–water partition coefficient (Wildman–Crippen LogP) is 5.13. The van der Waals surface area contributed by atoms with Crippen molar-refractivity contribution in [1.82, 2.24) is 14.8 Å². The second-order valence-corrected chi connectivity index (χ2v) is 8.62. The Kier molecular flexibility index (Phi) is 7.16. The monoisotopic (exact) mass is 451 g/mol. The van der Waals surface area contributed by atoms with Crippen LogP contribution in [0.4, 0.5) is 0 Å². The Bertz CT molecular complexity index is 1170. The summed E-state index contributed by atoms with van der Waals surface area (Å²) in [5.41, 5.74) is 8.76. The summed E-state index contributed by atoms with van der Waals surface area (Å²) in [6, 6.07) is 17.3. The lowest BCUT2D eigenvalue weighted by Crippen LogP contribution is -2.11. The lowest BCUT2D eigenvalue weighted by molar-refractivity contribution is -0.112. The third kappa shape index (κ3) is 4.98. The van der Waals surface area contributed by atoms with Crippen LogP contribution in [0.1, 0.15) is 32.3 Å². The third-order valence-corrected chi connectivity index (χ3v) is 5.83. The highest BCUT2D eigenvalue weighted by Crippen LogP contribution is 2.32. The van der Waals surface area contributed by atoms with E-state index in [1.807, 2.05) is 41.0 Å². The maximum absolute atomic E-state index is 12.5. The number of benzene rings is 2. The summed E-state index contributed by atoms with van der Waals surface area (Å²) in [4.78, 5) is 12.5. The van der Waals surface area contributed by atoms with Crippen LogP contribution in [0, 0.1) is 11.3 Å². The highest BCUT2D eigenvalue weighted by molar-refractivity contribution is 7.99. The van der Waals surface area contributed by atoms with Crippen molar-refractivity contribution >= 4 is 29.1 Å². The molecule has 2 N–H and O–H groups in total. The van der Waals surface area contributed by atoms with Gasteiger partial charge in [-0.3, -0.25) is 9.36 Å². The van der Waals surface area contributed by atoms with E-state index in [9.17, 15) is 10.1 Å². The fourth-order valence-electron chi connectivity index (χ4n) is 3.12. The fraction of sp³-hybridized carbons (Fsp3) is 0.217. The first-order chi connectivity index (χ1) is 14.8. The highest BCUT2D eigenvalue weighted by Gasteiger charge is 2.21. The van der Waals surface area contributed by atoms with Crippen molar-refractivity contribution in [2.75, 3.05) is 5.75 Å². The Labute approximate surface area is 190 Å². The number of nitriles is 1. The molecule has 0 fully saturated rings. The van der Waals surface area contributed by atoms with E-state index < -0.39 is 0 Å². The van der Waals surface area contributed by atoms with Gasteiger partial charge in [-0.15, -0.1) is 10.2 Å². The zero-order chi connectivity index (χ0) is 22.5. The van der Waals surface area contributed by atoms with Crippen molar-refractivity contribution in [3.63, 3.8) is 0 Å². The van der Waals surface area contributed by atoms with Crippen LogP contribution in [-0.4, -0.2) is 26.3 Å². The number of aromatic nitrogens is 3. The molecule has 0 aliphatic rings. The second kappa shape index (κ2) is 9.82. The van der Waals surface area contributed by atoms with Gasteiger partial charge in [0.15, 0.2) is 16.8 Å².